The van der Waals surface area contributed by atoms with Crippen LogP contribution >= 0.6 is 11.6 Å². The molecule has 1 aromatic heterocycles. The van der Waals surface area contributed by atoms with E-state index < -0.39 is 0 Å². The molecule has 1 saturated carbocycles. The first-order valence-corrected chi connectivity index (χ1v) is 7.52. The van der Waals surface area contributed by atoms with Crippen LogP contribution in [0.1, 0.15) is 46.0 Å². The van der Waals surface area contributed by atoms with E-state index in [2.05, 4.69) is 32.5 Å². The maximum atomic E-state index is 5.93. The molecular formula is C13H22ClN5. The highest BCUT2D eigenvalue weighted by atomic mass is 35.5. The summed E-state index contributed by atoms with van der Waals surface area (Å²) in [5, 5.41) is 6.73. The van der Waals surface area contributed by atoms with E-state index in [4.69, 9.17) is 11.6 Å². The zero-order chi connectivity index (χ0) is 13.7. The average Bonchev–Trinajstić information content (AvgIpc) is 2.39. The highest BCUT2D eigenvalue weighted by Gasteiger charge is 2.24. The van der Waals surface area contributed by atoms with Gasteiger partial charge in [0.05, 0.1) is 0 Å². The van der Waals surface area contributed by atoms with E-state index in [1.54, 1.807) is 0 Å². The molecule has 106 valence electrons. The standard InChI is InChI=1S/C13H22ClN5/c1-3-9-7-5-6-8-10(9)16-13-18-11(14)17-12(19-13)15-4-2/h9-10H,3-8H2,1-2H3,(H2,15,16,17,18,19). The molecule has 2 atom stereocenters. The maximum absolute atomic E-state index is 5.93. The second-order valence-electron chi connectivity index (χ2n) is 4.99. The number of aromatic nitrogens is 3. The normalized spacial score (nSPS) is 23.1. The van der Waals surface area contributed by atoms with Crippen LogP contribution in [0.4, 0.5) is 11.9 Å². The van der Waals surface area contributed by atoms with Gasteiger partial charge in [0.15, 0.2) is 0 Å². The van der Waals surface area contributed by atoms with E-state index in [-0.39, 0.29) is 5.28 Å². The molecule has 0 spiro atoms. The van der Waals surface area contributed by atoms with Gasteiger partial charge in [-0.25, -0.2) is 0 Å². The Labute approximate surface area is 119 Å². The monoisotopic (exact) mass is 283 g/mol. The van der Waals surface area contributed by atoms with E-state index in [0.29, 0.717) is 23.9 Å². The lowest BCUT2D eigenvalue weighted by molar-refractivity contribution is 0.316. The molecule has 19 heavy (non-hydrogen) atoms. The summed E-state index contributed by atoms with van der Waals surface area (Å²) in [6.45, 7) is 5.01. The number of halogens is 1. The fourth-order valence-corrected chi connectivity index (χ4v) is 2.86. The Balaban J connectivity index is 2.08. The first-order chi connectivity index (χ1) is 9.22. The van der Waals surface area contributed by atoms with Crippen LogP contribution in [-0.2, 0) is 0 Å². The summed E-state index contributed by atoms with van der Waals surface area (Å²) in [7, 11) is 0. The van der Waals surface area contributed by atoms with Crippen LogP contribution in [0.3, 0.4) is 0 Å². The van der Waals surface area contributed by atoms with Crippen molar-refractivity contribution in [2.24, 2.45) is 5.92 Å². The van der Waals surface area contributed by atoms with Gasteiger partial charge in [-0.15, -0.1) is 0 Å². The van der Waals surface area contributed by atoms with Crippen molar-refractivity contribution in [3.63, 3.8) is 0 Å². The van der Waals surface area contributed by atoms with Crippen LogP contribution in [0.2, 0.25) is 5.28 Å². The highest BCUT2D eigenvalue weighted by Crippen LogP contribution is 2.28. The van der Waals surface area contributed by atoms with Crippen molar-refractivity contribution in [2.75, 3.05) is 17.2 Å². The minimum Gasteiger partial charge on any atom is -0.354 e. The fourth-order valence-electron chi connectivity index (χ4n) is 2.70. The number of nitrogens with one attached hydrogen (secondary N) is 2. The molecule has 1 aliphatic rings. The SMILES string of the molecule is CCNc1nc(Cl)nc(NC2CCCCC2CC)n1. The van der Waals surface area contributed by atoms with Gasteiger partial charge in [-0.3, -0.25) is 0 Å². The molecule has 2 rings (SSSR count). The molecule has 0 amide bonds. The predicted octanol–water partition coefficient (Wildman–Crippen LogP) is 3.34. The van der Waals surface area contributed by atoms with E-state index in [0.717, 1.165) is 6.54 Å². The Kier molecular flexibility index (Phi) is 5.19. The third-order valence-corrected chi connectivity index (χ3v) is 3.86. The van der Waals surface area contributed by atoms with E-state index in [1.807, 2.05) is 6.92 Å². The lowest BCUT2D eigenvalue weighted by Gasteiger charge is -2.31. The van der Waals surface area contributed by atoms with Crippen LogP contribution in [0.15, 0.2) is 0 Å². The first kappa shape index (κ1) is 14.3. The second-order valence-corrected chi connectivity index (χ2v) is 5.32. The van der Waals surface area contributed by atoms with Crippen molar-refractivity contribution in [3.8, 4) is 0 Å². The number of anilines is 2. The van der Waals surface area contributed by atoms with Crippen LogP contribution in [-0.4, -0.2) is 27.5 Å². The Morgan fingerprint density at radius 1 is 1.11 bits per heavy atom. The molecule has 0 saturated heterocycles. The fraction of sp³-hybridized carbons (Fsp3) is 0.769. The largest absolute Gasteiger partial charge is 0.354 e. The van der Waals surface area contributed by atoms with Gasteiger partial charge in [0, 0.05) is 12.6 Å². The number of nitrogens with zero attached hydrogens (tertiary/aromatic N) is 3. The molecular weight excluding hydrogens is 262 g/mol. The quantitative estimate of drug-likeness (QED) is 0.868. The van der Waals surface area contributed by atoms with E-state index >= 15 is 0 Å². The third-order valence-electron chi connectivity index (χ3n) is 3.69. The topological polar surface area (TPSA) is 62.7 Å². The highest BCUT2D eigenvalue weighted by molar-refractivity contribution is 6.28. The minimum absolute atomic E-state index is 0.234. The van der Waals surface area contributed by atoms with Gasteiger partial charge in [-0.2, -0.15) is 15.0 Å². The van der Waals surface area contributed by atoms with Gasteiger partial charge < -0.3 is 10.6 Å². The lowest BCUT2D eigenvalue weighted by atomic mass is 9.83. The Morgan fingerprint density at radius 2 is 1.84 bits per heavy atom. The molecule has 0 radical (unpaired) electrons. The van der Waals surface area contributed by atoms with Crippen LogP contribution in [0, 0.1) is 5.92 Å². The van der Waals surface area contributed by atoms with E-state index in [9.17, 15) is 0 Å². The van der Waals surface area contributed by atoms with Gasteiger partial charge >= 0.3 is 0 Å². The van der Waals surface area contributed by atoms with Crippen molar-refractivity contribution < 1.29 is 0 Å². The molecule has 0 bridgehead atoms. The molecule has 0 aliphatic heterocycles. The van der Waals surface area contributed by atoms with Crippen molar-refractivity contribution >= 4 is 23.5 Å². The van der Waals surface area contributed by atoms with Gasteiger partial charge in [0.25, 0.3) is 0 Å². The summed E-state index contributed by atoms with van der Waals surface area (Å²) in [5.41, 5.74) is 0. The summed E-state index contributed by atoms with van der Waals surface area (Å²) in [6, 6.07) is 0.451. The van der Waals surface area contributed by atoms with Crippen LogP contribution in [0.5, 0.6) is 0 Å². The van der Waals surface area contributed by atoms with Gasteiger partial charge in [-0.05, 0) is 37.3 Å². The third kappa shape index (κ3) is 3.93. The summed E-state index contributed by atoms with van der Waals surface area (Å²) in [5.74, 6) is 1.82. The Hall–Kier alpha value is -1.10. The molecule has 6 heteroatoms. The van der Waals surface area contributed by atoms with Crippen LogP contribution < -0.4 is 10.6 Å². The predicted molar refractivity (Wildman–Crippen MR) is 78.7 cm³/mol. The molecule has 1 fully saturated rings. The van der Waals surface area contributed by atoms with Gasteiger partial charge in [-0.1, -0.05) is 26.2 Å². The van der Waals surface area contributed by atoms with Crippen molar-refractivity contribution in [1.29, 1.82) is 0 Å². The Morgan fingerprint density at radius 3 is 2.58 bits per heavy atom. The average molecular weight is 284 g/mol. The van der Waals surface area contributed by atoms with Crippen molar-refractivity contribution in [2.45, 2.75) is 52.0 Å². The number of hydrogen-bond donors (Lipinski definition) is 2. The molecule has 5 nitrogen and oxygen atoms in total. The zero-order valence-corrected chi connectivity index (χ0v) is 12.4. The van der Waals surface area contributed by atoms with Gasteiger partial charge in [0.1, 0.15) is 0 Å². The first-order valence-electron chi connectivity index (χ1n) is 7.15. The smallest absolute Gasteiger partial charge is 0.229 e. The summed E-state index contributed by atoms with van der Waals surface area (Å²) < 4.78 is 0. The summed E-state index contributed by atoms with van der Waals surface area (Å²) >= 11 is 5.93. The number of rotatable bonds is 5. The second kappa shape index (κ2) is 6.89. The lowest BCUT2D eigenvalue weighted by Crippen LogP contribution is -2.32. The summed E-state index contributed by atoms with van der Waals surface area (Å²) in [4.78, 5) is 12.6. The molecule has 1 heterocycles. The Bertz CT molecular complexity index is 412. The number of hydrogen-bond acceptors (Lipinski definition) is 5. The zero-order valence-electron chi connectivity index (χ0n) is 11.6. The molecule has 0 aromatic carbocycles. The van der Waals surface area contributed by atoms with Gasteiger partial charge in [0.2, 0.25) is 17.2 Å². The van der Waals surface area contributed by atoms with Crippen molar-refractivity contribution in [3.05, 3.63) is 5.28 Å². The van der Waals surface area contributed by atoms with E-state index in [1.165, 1.54) is 32.1 Å². The molecule has 2 N–H and O–H groups in total. The summed E-state index contributed by atoms with van der Waals surface area (Å²) in [6.07, 6.45) is 6.26. The molecule has 1 aromatic rings. The van der Waals surface area contributed by atoms with Crippen molar-refractivity contribution in [1.82, 2.24) is 15.0 Å². The minimum atomic E-state index is 0.234. The maximum Gasteiger partial charge on any atom is 0.229 e. The molecule has 1 aliphatic carbocycles. The van der Waals surface area contributed by atoms with Crippen LogP contribution in [0.25, 0.3) is 0 Å². The molecule has 2 unspecified atom stereocenters.